The van der Waals surface area contributed by atoms with Gasteiger partial charge in [-0.2, -0.15) is 0 Å². The summed E-state index contributed by atoms with van der Waals surface area (Å²) in [6.07, 6.45) is 2.31. The van der Waals surface area contributed by atoms with Crippen LogP contribution in [0.4, 0.5) is 4.39 Å². The van der Waals surface area contributed by atoms with Crippen molar-refractivity contribution in [1.29, 1.82) is 0 Å². The van der Waals surface area contributed by atoms with E-state index in [-0.39, 0.29) is 5.82 Å². The van der Waals surface area contributed by atoms with Gasteiger partial charge in [0.05, 0.1) is 5.60 Å². The number of halogens is 2. The molecule has 1 fully saturated rings. The van der Waals surface area contributed by atoms with Crippen LogP contribution >= 0.6 is 15.9 Å². The summed E-state index contributed by atoms with van der Waals surface area (Å²) in [5.74, 6) is -0.268. The second-order valence-corrected chi connectivity index (χ2v) is 4.89. The van der Waals surface area contributed by atoms with Gasteiger partial charge in [0, 0.05) is 10.0 Å². The second kappa shape index (κ2) is 3.31. The largest absolute Gasteiger partial charge is 0.385 e. The fraction of sp³-hybridized carbons (Fsp3) is 0.455. The Morgan fingerprint density at radius 2 is 2.07 bits per heavy atom. The molecule has 1 aliphatic rings. The van der Waals surface area contributed by atoms with Gasteiger partial charge in [-0.05, 0) is 43.9 Å². The number of aliphatic hydroxyl groups is 1. The maximum Gasteiger partial charge on any atom is 0.132 e. The van der Waals surface area contributed by atoms with Crippen molar-refractivity contribution in [1.82, 2.24) is 0 Å². The van der Waals surface area contributed by atoms with Crippen molar-refractivity contribution >= 4 is 15.9 Å². The Morgan fingerprint density at radius 3 is 2.57 bits per heavy atom. The van der Waals surface area contributed by atoms with Crippen LogP contribution in [0, 0.1) is 12.7 Å². The van der Waals surface area contributed by atoms with E-state index in [2.05, 4.69) is 15.9 Å². The third-order valence-corrected chi connectivity index (χ3v) is 3.36. The predicted octanol–water partition coefficient (Wildman–Crippen LogP) is 3.27. The smallest absolute Gasteiger partial charge is 0.132 e. The Labute approximate surface area is 91.1 Å². The fourth-order valence-electron chi connectivity index (χ4n) is 1.85. The van der Waals surface area contributed by atoms with E-state index < -0.39 is 5.60 Å². The van der Waals surface area contributed by atoms with Crippen LogP contribution in [0.2, 0.25) is 0 Å². The molecule has 0 radical (unpaired) electrons. The maximum absolute atomic E-state index is 13.7. The first-order valence-corrected chi connectivity index (χ1v) is 5.51. The molecule has 1 saturated carbocycles. The molecule has 76 valence electrons. The topological polar surface area (TPSA) is 20.2 Å². The highest BCUT2D eigenvalue weighted by molar-refractivity contribution is 9.10. The maximum atomic E-state index is 13.7. The first-order valence-electron chi connectivity index (χ1n) is 4.71. The zero-order chi connectivity index (χ0) is 10.3. The summed E-state index contributed by atoms with van der Waals surface area (Å²) < 4.78 is 14.5. The van der Waals surface area contributed by atoms with Gasteiger partial charge >= 0.3 is 0 Å². The van der Waals surface area contributed by atoms with Gasteiger partial charge < -0.3 is 5.11 Å². The van der Waals surface area contributed by atoms with Crippen molar-refractivity contribution in [3.63, 3.8) is 0 Å². The predicted molar refractivity (Wildman–Crippen MR) is 56.6 cm³/mol. The zero-order valence-corrected chi connectivity index (χ0v) is 9.57. The summed E-state index contributed by atoms with van der Waals surface area (Å²) in [6, 6.07) is 3.41. The number of hydrogen-bond donors (Lipinski definition) is 1. The van der Waals surface area contributed by atoms with Gasteiger partial charge in [0.1, 0.15) is 5.82 Å². The lowest BCUT2D eigenvalue weighted by Gasteiger charge is -2.37. The molecule has 0 bridgehead atoms. The SMILES string of the molecule is Cc1cc(Br)cc(C2(O)CCC2)c1F. The van der Waals surface area contributed by atoms with Crippen LogP contribution in [-0.2, 0) is 5.60 Å². The van der Waals surface area contributed by atoms with E-state index in [1.54, 1.807) is 19.1 Å². The van der Waals surface area contributed by atoms with E-state index in [4.69, 9.17) is 0 Å². The molecule has 0 aromatic heterocycles. The van der Waals surface area contributed by atoms with Crippen molar-refractivity contribution in [3.8, 4) is 0 Å². The lowest BCUT2D eigenvalue weighted by atomic mass is 9.74. The van der Waals surface area contributed by atoms with Gasteiger partial charge in [0.25, 0.3) is 0 Å². The van der Waals surface area contributed by atoms with E-state index in [0.29, 0.717) is 24.0 Å². The number of rotatable bonds is 1. The van der Waals surface area contributed by atoms with Crippen molar-refractivity contribution in [2.45, 2.75) is 31.8 Å². The summed E-state index contributed by atoms with van der Waals surface area (Å²) in [5.41, 5.74) is 0.101. The summed E-state index contributed by atoms with van der Waals surface area (Å²) in [7, 11) is 0. The molecule has 1 aromatic carbocycles. The highest BCUT2D eigenvalue weighted by atomic mass is 79.9. The van der Waals surface area contributed by atoms with E-state index in [1.165, 1.54) is 0 Å². The second-order valence-electron chi connectivity index (χ2n) is 3.97. The van der Waals surface area contributed by atoms with Gasteiger partial charge in [0.2, 0.25) is 0 Å². The number of benzene rings is 1. The summed E-state index contributed by atoms with van der Waals surface area (Å²) in [4.78, 5) is 0. The fourth-order valence-corrected chi connectivity index (χ4v) is 2.42. The number of aryl methyl sites for hydroxylation is 1. The molecule has 1 nitrogen and oxygen atoms in total. The average Bonchev–Trinajstić information content (AvgIpc) is 2.07. The van der Waals surface area contributed by atoms with E-state index in [9.17, 15) is 9.50 Å². The molecular weight excluding hydrogens is 247 g/mol. The van der Waals surface area contributed by atoms with Crippen LogP contribution in [0.25, 0.3) is 0 Å². The van der Waals surface area contributed by atoms with Crippen LogP contribution in [0.1, 0.15) is 30.4 Å². The Bertz CT molecular complexity index is 372. The molecule has 0 spiro atoms. The van der Waals surface area contributed by atoms with Crippen molar-refractivity contribution in [2.24, 2.45) is 0 Å². The highest BCUT2D eigenvalue weighted by Crippen LogP contribution is 2.43. The van der Waals surface area contributed by atoms with E-state index >= 15 is 0 Å². The Kier molecular flexibility index (Phi) is 2.40. The zero-order valence-electron chi connectivity index (χ0n) is 7.98. The van der Waals surface area contributed by atoms with Crippen LogP contribution < -0.4 is 0 Å². The van der Waals surface area contributed by atoms with Crippen LogP contribution in [0.15, 0.2) is 16.6 Å². The molecule has 0 atom stereocenters. The molecule has 0 unspecified atom stereocenters. The molecule has 0 saturated heterocycles. The molecule has 14 heavy (non-hydrogen) atoms. The molecule has 1 aromatic rings. The quantitative estimate of drug-likeness (QED) is 0.820. The standard InChI is InChI=1S/C11H12BrFO/c1-7-5-8(12)6-9(10(7)13)11(14)3-2-4-11/h5-6,14H,2-4H2,1H3. The molecule has 0 aliphatic heterocycles. The lowest BCUT2D eigenvalue weighted by Crippen LogP contribution is -2.34. The summed E-state index contributed by atoms with van der Waals surface area (Å²) in [6.45, 7) is 1.71. The third kappa shape index (κ3) is 1.48. The minimum Gasteiger partial charge on any atom is -0.385 e. The Morgan fingerprint density at radius 1 is 1.43 bits per heavy atom. The first-order chi connectivity index (χ1) is 6.53. The van der Waals surface area contributed by atoms with Crippen LogP contribution in [0.3, 0.4) is 0 Å². The van der Waals surface area contributed by atoms with Crippen LogP contribution in [-0.4, -0.2) is 5.11 Å². The Balaban J connectivity index is 2.51. The van der Waals surface area contributed by atoms with E-state index in [0.717, 1.165) is 10.9 Å². The number of hydrogen-bond acceptors (Lipinski definition) is 1. The van der Waals surface area contributed by atoms with Crippen molar-refractivity contribution < 1.29 is 9.50 Å². The summed E-state index contributed by atoms with van der Waals surface area (Å²) in [5, 5.41) is 10.1. The molecule has 0 heterocycles. The molecular formula is C11H12BrFO. The van der Waals surface area contributed by atoms with Gasteiger partial charge in [-0.1, -0.05) is 15.9 Å². The average molecular weight is 259 g/mol. The first kappa shape index (κ1) is 10.1. The Hall–Kier alpha value is -0.410. The normalized spacial score (nSPS) is 19.1. The van der Waals surface area contributed by atoms with Gasteiger partial charge in [0.15, 0.2) is 0 Å². The van der Waals surface area contributed by atoms with E-state index in [1.807, 2.05) is 0 Å². The molecule has 0 amide bonds. The molecule has 1 N–H and O–H groups in total. The van der Waals surface area contributed by atoms with Gasteiger partial charge in [-0.3, -0.25) is 0 Å². The molecule has 2 rings (SSSR count). The monoisotopic (exact) mass is 258 g/mol. The van der Waals surface area contributed by atoms with Crippen molar-refractivity contribution in [3.05, 3.63) is 33.5 Å². The minimum absolute atomic E-state index is 0.268. The summed E-state index contributed by atoms with van der Waals surface area (Å²) >= 11 is 3.32. The molecule has 3 heteroatoms. The van der Waals surface area contributed by atoms with Crippen molar-refractivity contribution in [2.75, 3.05) is 0 Å². The van der Waals surface area contributed by atoms with Gasteiger partial charge in [-0.15, -0.1) is 0 Å². The highest BCUT2D eigenvalue weighted by Gasteiger charge is 2.38. The van der Waals surface area contributed by atoms with Crippen LogP contribution in [0.5, 0.6) is 0 Å². The van der Waals surface area contributed by atoms with Gasteiger partial charge in [-0.25, -0.2) is 4.39 Å². The molecule has 1 aliphatic carbocycles. The lowest BCUT2D eigenvalue weighted by molar-refractivity contribution is -0.0417. The third-order valence-electron chi connectivity index (χ3n) is 2.90. The minimum atomic E-state index is -0.918.